The zero-order valence-electron chi connectivity index (χ0n) is 15.4. The minimum absolute atomic E-state index is 0.0548. The predicted molar refractivity (Wildman–Crippen MR) is 99.6 cm³/mol. The molecule has 0 aromatic heterocycles. The summed E-state index contributed by atoms with van der Waals surface area (Å²) in [6, 6.07) is 9.30. The number of amides is 1. The molecule has 140 valence electrons. The third-order valence-electron chi connectivity index (χ3n) is 3.85. The smallest absolute Gasteiger partial charge is 0.255 e. The lowest BCUT2D eigenvalue weighted by molar-refractivity contribution is 0.102. The minimum Gasteiger partial charge on any atom is -0.493 e. The van der Waals surface area contributed by atoms with E-state index in [0.717, 1.165) is 9.87 Å². The van der Waals surface area contributed by atoms with Crippen LogP contribution in [0.1, 0.15) is 15.9 Å². The summed E-state index contributed by atoms with van der Waals surface area (Å²) in [5, 5.41) is 2.78. The Balaban J connectivity index is 2.34. The highest BCUT2D eigenvalue weighted by atomic mass is 32.2. The van der Waals surface area contributed by atoms with Gasteiger partial charge in [0.05, 0.1) is 19.1 Å². The quantitative estimate of drug-likeness (QED) is 0.835. The molecule has 0 saturated heterocycles. The molecule has 0 fully saturated rings. The van der Waals surface area contributed by atoms with Crippen molar-refractivity contribution in [1.82, 2.24) is 4.31 Å². The zero-order valence-corrected chi connectivity index (χ0v) is 16.2. The monoisotopic (exact) mass is 378 g/mol. The number of carbonyl (C=O) groups is 1. The minimum atomic E-state index is -3.62. The van der Waals surface area contributed by atoms with Crippen LogP contribution in [0, 0.1) is 6.92 Å². The number of hydrogen-bond donors (Lipinski definition) is 1. The summed E-state index contributed by atoms with van der Waals surface area (Å²) in [5.41, 5.74) is 1.57. The third kappa shape index (κ3) is 3.97. The Morgan fingerprint density at radius 3 is 2.23 bits per heavy atom. The maximum atomic E-state index is 12.6. The van der Waals surface area contributed by atoms with Gasteiger partial charge in [-0.1, -0.05) is 6.07 Å². The van der Waals surface area contributed by atoms with Crippen molar-refractivity contribution in [3.63, 3.8) is 0 Å². The number of nitrogens with zero attached hydrogens (tertiary/aromatic N) is 1. The van der Waals surface area contributed by atoms with Crippen LogP contribution in [0.15, 0.2) is 41.3 Å². The third-order valence-corrected chi connectivity index (χ3v) is 5.66. The molecule has 8 heteroatoms. The van der Waals surface area contributed by atoms with E-state index in [1.54, 1.807) is 18.2 Å². The molecule has 0 spiro atoms. The van der Waals surface area contributed by atoms with Crippen molar-refractivity contribution in [2.45, 2.75) is 11.8 Å². The van der Waals surface area contributed by atoms with Crippen molar-refractivity contribution < 1.29 is 22.7 Å². The molecule has 0 saturated carbocycles. The zero-order chi connectivity index (χ0) is 19.5. The molecule has 1 amide bonds. The van der Waals surface area contributed by atoms with E-state index in [0.29, 0.717) is 17.2 Å². The van der Waals surface area contributed by atoms with E-state index in [2.05, 4.69) is 5.32 Å². The molecule has 7 nitrogen and oxygen atoms in total. The molecular formula is C18H22N2O5S. The van der Waals surface area contributed by atoms with Crippen LogP contribution >= 0.6 is 0 Å². The van der Waals surface area contributed by atoms with Crippen molar-refractivity contribution in [2.24, 2.45) is 0 Å². The fraction of sp³-hybridized carbons (Fsp3) is 0.278. The van der Waals surface area contributed by atoms with E-state index in [4.69, 9.17) is 9.47 Å². The van der Waals surface area contributed by atoms with Gasteiger partial charge >= 0.3 is 0 Å². The molecule has 0 radical (unpaired) electrons. The summed E-state index contributed by atoms with van der Waals surface area (Å²) in [7, 11) is 2.30. The predicted octanol–water partition coefficient (Wildman–Crippen LogP) is 2.51. The van der Waals surface area contributed by atoms with Gasteiger partial charge in [0.15, 0.2) is 11.5 Å². The second-order valence-corrected chi connectivity index (χ2v) is 7.94. The number of sulfonamides is 1. The maximum Gasteiger partial charge on any atom is 0.255 e. The first-order chi connectivity index (χ1) is 12.2. The number of hydrogen-bond acceptors (Lipinski definition) is 5. The van der Waals surface area contributed by atoms with E-state index in [9.17, 15) is 13.2 Å². The lowest BCUT2D eigenvalue weighted by Crippen LogP contribution is -2.22. The molecule has 0 aliphatic carbocycles. The Hall–Kier alpha value is -2.58. The summed E-state index contributed by atoms with van der Waals surface area (Å²) in [5.74, 6) is 0.621. The van der Waals surface area contributed by atoms with E-state index in [-0.39, 0.29) is 10.5 Å². The van der Waals surface area contributed by atoms with Gasteiger partial charge in [-0.25, -0.2) is 12.7 Å². The van der Waals surface area contributed by atoms with Crippen molar-refractivity contribution in [1.29, 1.82) is 0 Å². The summed E-state index contributed by atoms with van der Waals surface area (Å²) in [6.45, 7) is 1.82. The number of ether oxygens (including phenoxy) is 2. The second kappa shape index (κ2) is 7.76. The van der Waals surface area contributed by atoms with Crippen LogP contribution < -0.4 is 14.8 Å². The fourth-order valence-electron chi connectivity index (χ4n) is 2.32. The van der Waals surface area contributed by atoms with Crippen LogP contribution in [0.5, 0.6) is 11.5 Å². The van der Waals surface area contributed by atoms with Crippen LogP contribution in [0.2, 0.25) is 0 Å². The largest absolute Gasteiger partial charge is 0.493 e. The SMILES string of the molecule is COc1cc(C)c(NC(=O)c2cccc(S(=O)(=O)N(C)C)c2)cc1OC. The Morgan fingerprint density at radius 2 is 1.65 bits per heavy atom. The molecule has 2 rings (SSSR count). The number of anilines is 1. The molecule has 0 aliphatic heterocycles. The van der Waals surface area contributed by atoms with Gasteiger partial charge in [-0.2, -0.15) is 0 Å². The number of methoxy groups -OCH3 is 2. The average Bonchev–Trinajstić information content (AvgIpc) is 2.62. The van der Waals surface area contributed by atoms with Crippen LogP contribution in [-0.4, -0.2) is 46.9 Å². The van der Waals surface area contributed by atoms with Crippen molar-refractivity contribution in [3.05, 3.63) is 47.5 Å². The number of aryl methyl sites for hydroxylation is 1. The summed E-state index contributed by atoms with van der Waals surface area (Å²) < 4.78 is 36.1. The van der Waals surface area contributed by atoms with Crippen molar-refractivity contribution in [3.8, 4) is 11.5 Å². The summed E-state index contributed by atoms with van der Waals surface area (Å²) >= 11 is 0. The second-order valence-electron chi connectivity index (χ2n) is 5.79. The number of benzene rings is 2. The molecule has 0 aliphatic rings. The lowest BCUT2D eigenvalue weighted by atomic mass is 10.1. The summed E-state index contributed by atoms with van der Waals surface area (Å²) in [6.07, 6.45) is 0. The van der Waals surface area contributed by atoms with Gasteiger partial charge < -0.3 is 14.8 Å². The van der Waals surface area contributed by atoms with Gasteiger partial charge in [-0.05, 0) is 36.8 Å². The van der Waals surface area contributed by atoms with Gasteiger partial charge in [0.25, 0.3) is 5.91 Å². The van der Waals surface area contributed by atoms with Crippen molar-refractivity contribution >= 4 is 21.6 Å². The highest BCUT2D eigenvalue weighted by molar-refractivity contribution is 7.89. The van der Waals surface area contributed by atoms with Gasteiger partial charge in [0.2, 0.25) is 10.0 Å². The molecule has 1 N–H and O–H groups in total. The van der Waals surface area contributed by atoms with Crippen LogP contribution in [0.3, 0.4) is 0 Å². The Morgan fingerprint density at radius 1 is 1.04 bits per heavy atom. The van der Waals surface area contributed by atoms with E-state index in [1.807, 2.05) is 6.92 Å². The van der Waals surface area contributed by atoms with Crippen LogP contribution in [-0.2, 0) is 10.0 Å². The Labute approximate surface area is 153 Å². The van der Waals surface area contributed by atoms with Gasteiger partial charge in [0.1, 0.15) is 0 Å². The lowest BCUT2D eigenvalue weighted by Gasteiger charge is -2.14. The molecular weight excluding hydrogens is 356 g/mol. The van der Waals surface area contributed by atoms with E-state index < -0.39 is 15.9 Å². The van der Waals surface area contributed by atoms with E-state index >= 15 is 0 Å². The van der Waals surface area contributed by atoms with E-state index in [1.165, 1.54) is 46.5 Å². The van der Waals surface area contributed by atoms with Crippen molar-refractivity contribution in [2.75, 3.05) is 33.6 Å². The normalized spacial score (nSPS) is 11.3. The molecule has 2 aromatic carbocycles. The topological polar surface area (TPSA) is 84.9 Å². The first kappa shape index (κ1) is 19.7. The number of nitrogens with one attached hydrogen (secondary N) is 1. The van der Waals surface area contributed by atoms with Crippen LogP contribution in [0.4, 0.5) is 5.69 Å². The number of carbonyl (C=O) groups excluding carboxylic acids is 1. The molecule has 0 bridgehead atoms. The molecule has 2 aromatic rings. The van der Waals surface area contributed by atoms with Crippen LogP contribution in [0.25, 0.3) is 0 Å². The highest BCUT2D eigenvalue weighted by Crippen LogP contribution is 2.33. The highest BCUT2D eigenvalue weighted by Gasteiger charge is 2.19. The first-order valence-corrected chi connectivity index (χ1v) is 9.21. The van der Waals surface area contributed by atoms with Gasteiger partial charge in [-0.3, -0.25) is 4.79 Å². The maximum absolute atomic E-state index is 12.6. The first-order valence-electron chi connectivity index (χ1n) is 7.77. The van der Waals surface area contributed by atoms with Gasteiger partial charge in [0, 0.05) is 31.4 Å². The fourth-order valence-corrected chi connectivity index (χ4v) is 3.27. The Bertz CT molecular complexity index is 923. The average molecular weight is 378 g/mol. The van der Waals surface area contributed by atoms with Gasteiger partial charge in [-0.15, -0.1) is 0 Å². The standard InChI is InChI=1S/C18H22N2O5S/c1-12-9-16(24-4)17(25-5)11-15(12)19-18(21)13-7-6-8-14(10-13)26(22,23)20(2)3/h6-11H,1-5H3,(H,19,21). The molecule has 0 heterocycles. The molecule has 0 atom stereocenters. The summed E-state index contributed by atoms with van der Waals surface area (Å²) in [4.78, 5) is 12.6. The molecule has 26 heavy (non-hydrogen) atoms. The Kier molecular flexibility index (Phi) is 5.89. The number of rotatable bonds is 6. The molecule has 0 unspecified atom stereocenters.